The van der Waals surface area contributed by atoms with E-state index >= 15 is 0 Å². The van der Waals surface area contributed by atoms with Gasteiger partial charge in [-0.2, -0.15) is 0 Å². The first-order valence-corrected chi connectivity index (χ1v) is 7.57. The van der Waals surface area contributed by atoms with Crippen LogP contribution in [-0.4, -0.2) is 21.6 Å². The summed E-state index contributed by atoms with van der Waals surface area (Å²) in [7, 11) is 0. The number of aromatic nitrogens is 1. The van der Waals surface area contributed by atoms with Crippen LogP contribution in [0.4, 0.5) is 5.69 Å². The molecular formula is C14H15ClN2O3S. The fourth-order valence-corrected chi connectivity index (χ4v) is 3.04. The zero-order valence-electron chi connectivity index (χ0n) is 11.8. The van der Waals surface area contributed by atoms with Crippen LogP contribution in [0.2, 0.25) is 5.02 Å². The third kappa shape index (κ3) is 3.11. The number of rotatable bonds is 4. The van der Waals surface area contributed by atoms with Crippen molar-refractivity contribution in [2.75, 3.05) is 5.32 Å². The first kappa shape index (κ1) is 15.6. The van der Waals surface area contributed by atoms with E-state index in [9.17, 15) is 9.59 Å². The van der Waals surface area contributed by atoms with E-state index in [-0.39, 0.29) is 16.8 Å². The number of anilines is 1. The molecule has 2 aromatic heterocycles. The van der Waals surface area contributed by atoms with Gasteiger partial charge in [-0.3, -0.25) is 4.79 Å². The number of hydrogen-bond acceptors (Lipinski definition) is 3. The average Bonchev–Trinajstić information content (AvgIpc) is 2.94. The lowest BCUT2D eigenvalue weighted by molar-refractivity contribution is 0.0703. The normalized spacial score (nSPS) is 10.9. The first-order chi connectivity index (χ1) is 9.81. The number of carbonyl (C=O) groups excluding carboxylic acids is 1. The summed E-state index contributed by atoms with van der Waals surface area (Å²) in [5.41, 5.74) is 1.46. The summed E-state index contributed by atoms with van der Waals surface area (Å²) in [6.07, 6.45) is 1.68. The Morgan fingerprint density at radius 1 is 1.43 bits per heavy atom. The van der Waals surface area contributed by atoms with E-state index < -0.39 is 5.97 Å². The van der Waals surface area contributed by atoms with Crippen molar-refractivity contribution in [3.8, 4) is 0 Å². The van der Waals surface area contributed by atoms with E-state index in [1.54, 1.807) is 29.1 Å². The van der Waals surface area contributed by atoms with Crippen molar-refractivity contribution in [2.24, 2.45) is 0 Å². The highest BCUT2D eigenvalue weighted by molar-refractivity contribution is 7.12. The number of halogens is 1. The Kier molecular flexibility index (Phi) is 4.39. The molecule has 2 aromatic rings. The minimum absolute atomic E-state index is 0.0702. The molecule has 2 heterocycles. The Morgan fingerprint density at radius 3 is 2.67 bits per heavy atom. The molecule has 112 valence electrons. The van der Waals surface area contributed by atoms with Crippen molar-refractivity contribution < 1.29 is 14.7 Å². The minimum Gasteiger partial charge on any atom is -0.477 e. The number of thiophene rings is 1. The van der Waals surface area contributed by atoms with Crippen molar-refractivity contribution in [2.45, 2.75) is 26.8 Å². The van der Waals surface area contributed by atoms with Crippen molar-refractivity contribution in [1.82, 2.24) is 4.57 Å². The highest BCUT2D eigenvalue weighted by atomic mass is 35.5. The molecule has 2 rings (SSSR count). The van der Waals surface area contributed by atoms with Crippen molar-refractivity contribution in [3.63, 3.8) is 0 Å². The molecule has 21 heavy (non-hydrogen) atoms. The van der Waals surface area contributed by atoms with Crippen molar-refractivity contribution >= 4 is 40.5 Å². The van der Waals surface area contributed by atoms with Gasteiger partial charge >= 0.3 is 5.97 Å². The quantitative estimate of drug-likeness (QED) is 0.890. The van der Waals surface area contributed by atoms with Gasteiger partial charge in [0.15, 0.2) is 0 Å². The monoisotopic (exact) mass is 326 g/mol. The van der Waals surface area contributed by atoms with Crippen molar-refractivity contribution in [1.29, 1.82) is 0 Å². The second-order valence-electron chi connectivity index (χ2n) is 4.93. The fraction of sp³-hybridized carbons (Fsp3) is 0.286. The molecule has 0 aliphatic rings. The van der Waals surface area contributed by atoms with E-state index in [2.05, 4.69) is 5.32 Å². The highest BCUT2D eigenvalue weighted by Crippen LogP contribution is 2.28. The summed E-state index contributed by atoms with van der Waals surface area (Å²) >= 11 is 7.05. The van der Waals surface area contributed by atoms with Crippen LogP contribution in [0.25, 0.3) is 0 Å². The Bertz CT molecular complexity index is 703. The summed E-state index contributed by atoms with van der Waals surface area (Å²) in [5, 5.41) is 14.0. The van der Waals surface area contributed by atoms with Crippen LogP contribution >= 0.6 is 22.9 Å². The number of aryl methyl sites for hydroxylation is 1. The molecule has 5 nitrogen and oxygen atoms in total. The van der Waals surface area contributed by atoms with Crippen LogP contribution in [0.15, 0.2) is 17.6 Å². The lowest BCUT2D eigenvalue weighted by atomic mass is 10.2. The molecule has 0 aliphatic heterocycles. The summed E-state index contributed by atoms with van der Waals surface area (Å²) in [4.78, 5) is 23.7. The zero-order chi connectivity index (χ0) is 15.7. The average molecular weight is 327 g/mol. The largest absolute Gasteiger partial charge is 0.477 e. The number of aromatic carboxylic acids is 1. The van der Waals surface area contributed by atoms with Gasteiger partial charge in [-0.15, -0.1) is 11.3 Å². The maximum absolute atomic E-state index is 12.4. The summed E-state index contributed by atoms with van der Waals surface area (Å²) in [6.45, 7) is 5.63. The molecule has 0 atom stereocenters. The molecule has 0 bridgehead atoms. The van der Waals surface area contributed by atoms with Crippen LogP contribution < -0.4 is 5.32 Å². The highest BCUT2D eigenvalue weighted by Gasteiger charge is 2.20. The van der Waals surface area contributed by atoms with Crippen LogP contribution in [-0.2, 0) is 0 Å². The van der Waals surface area contributed by atoms with Gasteiger partial charge in [-0.25, -0.2) is 4.79 Å². The smallest absolute Gasteiger partial charge is 0.348 e. The molecular weight excluding hydrogens is 312 g/mol. The molecule has 0 spiro atoms. The van der Waals surface area contributed by atoms with Crippen molar-refractivity contribution in [3.05, 3.63) is 38.8 Å². The van der Waals surface area contributed by atoms with E-state index in [1.807, 2.05) is 13.8 Å². The molecule has 0 saturated carbocycles. The van der Waals surface area contributed by atoms with Crippen LogP contribution in [0.3, 0.4) is 0 Å². The Morgan fingerprint density at radius 2 is 2.10 bits per heavy atom. The molecule has 0 unspecified atom stereocenters. The minimum atomic E-state index is -1.05. The third-order valence-corrected chi connectivity index (χ3v) is 4.30. The number of carboxylic acids is 1. The van der Waals surface area contributed by atoms with E-state index in [1.165, 1.54) is 0 Å². The van der Waals surface area contributed by atoms with E-state index in [4.69, 9.17) is 16.7 Å². The number of nitrogens with zero attached hydrogens (tertiary/aromatic N) is 1. The van der Waals surface area contributed by atoms with Crippen LogP contribution in [0.1, 0.15) is 45.6 Å². The first-order valence-electron chi connectivity index (χ1n) is 6.31. The summed E-state index contributed by atoms with van der Waals surface area (Å²) in [5.74, 6) is -1.43. The zero-order valence-corrected chi connectivity index (χ0v) is 13.4. The predicted molar refractivity (Wildman–Crippen MR) is 83.8 cm³/mol. The molecule has 0 saturated heterocycles. The second-order valence-corrected chi connectivity index (χ2v) is 6.24. The lowest BCUT2D eigenvalue weighted by Gasteiger charge is -2.13. The second kappa shape index (κ2) is 5.91. The fourth-order valence-electron chi connectivity index (χ4n) is 1.99. The van der Waals surface area contributed by atoms with Crippen LogP contribution in [0.5, 0.6) is 0 Å². The number of carboxylic acid groups (broad SMARTS) is 1. The Labute approximate surface area is 131 Å². The van der Waals surface area contributed by atoms with Gasteiger partial charge in [-0.05, 0) is 37.8 Å². The molecule has 7 heteroatoms. The molecule has 2 N–H and O–H groups in total. The van der Waals surface area contributed by atoms with Crippen LogP contribution in [0, 0.1) is 6.92 Å². The Balaban J connectivity index is 2.35. The Hall–Kier alpha value is -1.79. The van der Waals surface area contributed by atoms with Gasteiger partial charge in [0.2, 0.25) is 0 Å². The number of carbonyl (C=O) groups is 2. The molecule has 0 aromatic carbocycles. The van der Waals surface area contributed by atoms with E-state index in [0.29, 0.717) is 16.4 Å². The number of nitrogens with one attached hydrogen (secondary N) is 1. The third-order valence-electron chi connectivity index (χ3n) is 3.01. The molecule has 0 aliphatic carbocycles. The van der Waals surface area contributed by atoms with E-state index in [0.717, 1.165) is 16.9 Å². The topological polar surface area (TPSA) is 71.3 Å². The summed E-state index contributed by atoms with van der Waals surface area (Å²) < 4.78 is 1.75. The number of hydrogen-bond donors (Lipinski definition) is 2. The van der Waals surface area contributed by atoms with Gasteiger partial charge in [0.05, 0.1) is 10.7 Å². The van der Waals surface area contributed by atoms with Gasteiger partial charge in [0.25, 0.3) is 5.91 Å². The summed E-state index contributed by atoms with van der Waals surface area (Å²) in [6, 6.07) is 1.64. The number of amides is 1. The standard InChI is InChI=1S/C14H15ClN2O3S/c1-7(2)17-5-9(15)4-10(17)13(18)16-11-8(3)6-21-12(11)14(19)20/h4-7H,1-3H3,(H,16,18)(H,19,20). The van der Waals surface area contributed by atoms with Gasteiger partial charge < -0.3 is 15.0 Å². The maximum Gasteiger partial charge on any atom is 0.348 e. The van der Waals surface area contributed by atoms with Gasteiger partial charge in [0.1, 0.15) is 10.6 Å². The maximum atomic E-state index is 12.4. The van der Waals surface area contributed by atoms with Gasteiger partial charge in [0, 0.05) is 12.2 Å². The molecule has 1 amide bonds. The predicted octanol–water partition coefficient (Wildman–Crippen LogP) is 4.04. The lowest BCUT2D eigenvalue weighted by Crippen LogP contribution is -2.19. The SMILES string of the molecule is Cc1csc(C(=O)O)c1NC(=O)c1cc(Cl)cn1C(C)C. The molecule has 0 radical (unpaired) electrons. The van der Waals surface area contributed by atoms with Gasteiger partial charge in [-0.1, -0.05) is 11.6 Å². The molecule has 0 fully saturated rings.